The number of rotatable bonds is 2. The first-order chi connectivity index (χ1) is 10.1. The summed E-state index contributed by atoms with van der Waals surface area (Å²) in [6, 6.07) is 5.51. The Labute approximate surface area is 130 Å². The SMILES string of the molecule is O=Cc1cc2oc(C3(O)CN4CCC3CC4)cc2cc1Br. The van der Waals surface area contributed by atoms with E-state index in [1.807, 2.05) is 12.1 Å². The van der Waals surface area contributed by atoms with Crippen molar-refractivity contribution in [2.24, 2.45) is 5.92 Å². The number of aliphatic hydroxyl groups is 1. The molecule has 4 heterocycles. The highest BCUT2D eigenvalue weighted by molar-refractivity contribution is 9.10. The summed E-state index contributed by atoms with van der Waals surface area (Å²) in [5.74, 6) is 0.888. The number of fused-ring (bicyclic) bond motifs is 4. The number of carbonyl (C=O) groups is 1. The third-order valence-electron chi connectivity index (χ3n) is 4.92. The maximum atomic E-state index is 11.1. The van der Waals surface area contributed by atoms with Gasteiger partial charge in [-0.05, 0) is 50.0 Å². The lowest BCUT2D eigenvalue weighted by Crippen LogP contribution is -2.56. The first kappa shape index (κ1) is 13.5. The number of aldehydes is 1. The van der Waals surface area contributed by atoms with Gasteiger partial charge < -0.3 is 9.52 Å². The molecule has 0 saturated carbocycles. The van der Waals surface area contributed by atoms with Crippen LogP contribution in [0.15, 0.2) is 27.1 Å². The Kier molecular flexibility index (Phi) is 3.00. The number of hydrogen-bond acceptors (Lipinski definition) is 4. The average Bonchev–Trinajstić information content (AvgIpc) is 2.91. The van der Waals surface area contributed by atoms with Gasteiger partial charge in [-0.25, -0.2) is 0 Å². The van der Waals surface area contributed by atoms with Crippen LogP contribution in [0, 0.1) is 5.92 Å². The molecule has 5 rings (SSSR count). The molecule has 0 aliphatic carbocycles. The van der Waals surface area contributed by atoms with E-state index in [9.17, 15) is 9.90 Å². The third-order valence-corrected chi connectivity index (χ3v) is 5.60. The third kappa shape index (κ3) is 1.99. The van der Waals surface area contributed by atoms with Crippen LogP contribution in [0.2, 0.25) is 0 Å². The smallest absolute Gasteiger partial charge is 0.151 e. The Balaban J connectivity index is 1.82. The van der Waals surface area contributed by atoms with Gasteiger partial charge in [0.1, 0.15) is 16.9 Å². The van der Waals surface area contributed by atoms with Gasteiger partial charge >= 0.3 is 0 Å². The van der Waals surface area contributed by atoms with Crippen molar-refractivity contribution in [1.29, 1.82) is 0 Å². The van der Waals surface area contributed by atoms with E-state index >= 15 is 0 Å². The normalized spacial score (nSPS) is 31.7. The number of benzene rings is 1. The fourth-order valence-corrected chi connectivity index (χ4v) is 4.15. The van der Waals surface area contributed by atoms with Crippen LogP contribution < -0.4 is 0 Å². The van der Waals surface area contributed by atoms with Crippen LogP contribution >= 0.6 is 15.9 Å². The molecule has 110 valence electrons. The Morgan fingerprint density at radius 1 is 1.33 bits per heavy atom. The van der Waals surface area contributed by atoms with Gasteiger partial charge in [-0.3, -0.25) is 9.69 Å². The molecular formula is C16H16BrNO3. The summed E-state index contributed by atoms with van der Waals surface area (Å²) < 4.78 is 6.65. The van der Waals surface area contributed by atoms with Crippen LogP contribution in [-0.4, -0.2) is 35.9 Å². The first-order valence-corrected chi connectivity index (χ1v) is 8.03. The molecule has 5 heteroatoms. The summed E-state index contributed by atoms with van der Waals surface area (Å²) in [5.41, 5.74) is 0.313. The van der Waals surface area contributed by atoms with Crippen LogP contribution in [0.25, 0.3) is 11.0 Å². The van der Waals surface area contributed by atoms with Crippen LogP contribution in [0.5, 0.6) is 0 Å². The van der Waals surface area contributed by atoms with E-state index in [0.717, 1.165) is 42.1 Å². The lowest BCUT2D eigenvalue weighted by atomic mass is 9.74. The van der Waals surface area contributed by atoms with E-state index in [2.05, 4.69) is 20.8 Å². The van der Waals surface area contributed by atoms with E-state index in [4.69, 9.17) is 4.42 Å². The molecule has 0 amide bonds. The maximum Gasteiger partial charge on any atom is 0.151 e. The lowest BCUT2D eigenvalue weighted by Gasteiger charge is -2.49. The molecule has 1 N–H and O–H groups in total. The molecule has 3 saturated heterocycles. The van der Waals surface area contributed by atoms with E-state index < -0.39 is 5.60 Å². The Morgan fingerprint density at radius 3 is 2.71 bits per heavy atom. The average molecular weight is 350 g/mol. The van der Waals surface area contributed by atoms with Crippen molar-refractivity contribution in [3.8, 4) is 0 Å². The number of halogens is 1. The highest BCUT2D eigenvalue weighted by atomic mass is 79.9. The second-order valence-corrected chi connectivity index (χ2v) is 6.97. The van der Waals surface area contributed by atoms with Gasteiger partial charge in [0.05, 0.1) is 0 Å². The van der Waals surface area contributed by atoms with E-state index in [0.29, 0.717) is 23.5 Å². The molecule has 1 unspecified atom stereocenters. The van der Waals surface area contributed by atoms with Gasteiger partial charge in [0, 0.05) is 22.0 Å². The number of carbonyl (C=O) groups excluding carboxylic acids is 1. The minimum atomic E-state index is -0.899. The Bertz CT molecular complexity index is 718. The molecule has 3 aliphatic heterocycles. The molecule has 0 radical (unpaired) electrons. The van der Waals surface area contributed by atoms with Crippen molar-refractivity contribution in [3.05, 3.63) is 34.0 Å². The largest absolute Gasteiger partial charge is 0.458 e. The van der Waals surface area contributed by atoms with Crippen LogP contribution in [-0.2, 0) is 5.60 Å². The molecule has 2 aromatic rings. The molecule has 1 aromatic carbocycles. The van der Waals surface area contributed by atoms with Crippen molar-refractivity contribution in [3.63, 3.8) is 0 Å². The van der Waals surface area contributed by atoms with Gasteiger partial charge in [-0.2, -0.15) is 0 Å². The highest BCUT2D eigenvalue weighted by Crippen LogP contribution is 2.44. The fraction of sp³-hybridized carbons (Fsp3) is 0.438. The molecule has 0 spiro atoms. The van der Waals surface area contributed by atoms with Gasteiger partial charge in [-0.1, -0.05) is 15.9 Å². The van der Waals surface area contributed by atoms with Gasteiger partial charge in [0.25, 0.3) is 0 Å². The minimum absolute atomic E-state index is 0.261. The summed E-state index contributed by atoms with van der Waals surface area (Å²) in [6.07, 6.45) is 2.82. The summed E-state index contributed by atoms with van der Waals surface area (Å²) in [6.45, 7) is 2.77. The highest BCUT2D eigenvalue weighted by Gasteiger charge is 2.48. The van der Waals surface area contributed by atoms with Crippen molar-refractivity contribution in [2.45, 2.75) is 18.4 Å². The predicted molar refractivity (Wildman–Crippen MR) is 82.4 cm³/mol. The molecule has 3 fully saturated rings. The first-order valence-electron chi connectivity index (χ1n) is 7.23. The number of hydrogen-bond donors (Lipinski definition) is 1. The van der Waals surface area contributed by atoms with Gasteiger partial charge in [0.15, 0.2) is 6.29 Å². The summed E-state index contributed by atoms with van der Waals surface area (Å²) in [5, 5.41) is 12.0. The Hall–Kier alpha value is -1.17. The number of nitrogens with zero attached hydrogens (tertiary/aromatic N) is 1. The van der Waals surface area contributed by atoms with Gasteiger partial charge in [0.2, 0.25) is 0 Å². The van der Waals surface area contributed by atoms with Crippen LogP contribution in [0.1, 0.15) is 29.0 Å². The van der Waals surface area contributed by atoms with Crippen molar-refractivity contribution in [1.82, 2.24) is 4.90 Å². The van der Waals surface area contributed by atoms with Crippen LogP contribution in [0.4, 0.5) is 0 Å². The summed E-state index contributed by atoms with van der Waals surface area (Å²) >= 11 is 3.39. The molecule has 1 aromatic heterocycles. The predicted octanol–water partition coefficient (Wildman–Crippen LogP) is 2.92. The van der Waals surface area contributed by atoms with Crippen molar-refractivity contribution >= 4 is 33.2 Å². The van der Waals surface area contributed by atoms with Crippen molar-refractivity contribution < 1.29 is 14.3 Å². The monoisotopic (exact) mass is 349 g/mol. The quantitative estimate of drug-likeness (QED) is 0.847. The Morgan fingerprint density at radius 2 is 2.10 bits per heavy atom. The fourth-order valence-electron chi connectivity index (χ4n) is 3.70. The topological polar surface area (TPSA) is 53.7 Å². The second-order valence-electron chi connectivity index (χ2n) is 6.11. The summed E-state index contributed by atoms with van der Waals surface area (Å²) in [4.78, 5) is 13.3. The molecule has 21 heavy (non-hydrogen) atoms. The van der Waals surface area contributed by atoms with E-state index in [1.54, 1.807) is 6.07 Å². The molecule has 2 bridgehead atoms. The van der Waals surface area contributed by atoms with Crippen molar-refractivity contribution in [2.75, 3.05) is 19.6 Å². The zero-order valence-corrected chi connectivity index (χ0v) is 13.1. The van der Waals surface area contributed by atoms with E-state index in [1.165, 1.54) is 0 Å². The zero-order valence-electron chi connectivity index (χ0n) is 11.5. The minimum Gasteiger partial charge on any atom is -0.458 e. The van der Waals surface area contributed by atoms with Gasteiger partial charge in [-0.15, -0.1) is 0 Å². The van der Waals surface area contributed by atoms with E-state index in [-0.39, 0.29) is 5.92 Å². The number of furan rings is 1. The van der Waals surface area contributed by atoms with Crippen LogP contribution in [0.3, 0.4) is 0 Å². The molecular weight excluding hydrogens is 334 g/mol. The number of piperidine rings is 3. The molecule has 1 atom stereocenters. The standard InChI is InChI=1S/C16H16BrNO3/c17-13-5-10-7-15(21-14(10)6-11(13)8-19)16(20)9-18-3-1-12(16)2-4-18/h5-8,12,20H,1-4,9H2. The molecule has 3 aliphatic rings. The second kappa shape index (κ2) is 4.66. The lowest BCUT2D eigenvalue weighted by molar-refractivity contribution is -0.128. The zero-order chi connectivity index (χ0) is 14.6. The summed E-state index contributed by atoms with van der Waals surface area (Å²) in [7, 11) is 0. The molecule has 4 nitrogen and oxygen atoms in total. The maximum absolute atomic E-state index is 11.1.